The van der Waals surface area contributed by atoms with Gasteiger partial charge in [-0.15, -0.1) is 24.0 Å². The maximum absolute atomic E-state index is 4.30. The average Bonchev–Trinajstić information content (AvgIpc) is 2.90. The molecule has 1 aliphatic heterocycles. The molecule has 0 radical (unpaired) electrons. The van der Waals surface area contributed by atoms with E-state index in [4.69, 9.17) is 0 Å². The summed E-state index contributed by atoms with van der Waals surface area (Å²) in [5.41, 5.74) is 0. The van der Waals surface area contributed by atoms with Crippen LogP contribution in [0, 0.1) is 5.92 Å². The number of likely N-dealkylation sites (tertiary alicyclic amines) is 1. The van der Waals surface area contributed by atoms with Gasteiger partial charge in [-0.2, -0.15) is 11.8 Å². The fourth-order valence-electron chi connectivity index (χ4n) is 2.64. The summed E-state index contributed by atoms with van der Waals surface area (Å²) >= 11 is 1.92. The van der Waals surface area contributed by atoms with Crippen LogP contribution in [-0.2, 0) is 0 Å². The molecule has 0 amide bonds. The van der Waals surface area contributed by atoms with Gasteiger partial charge >= 0.3 is 0 Å². The van der Waals surface area contributed by atoms with Crippen LogP contribution in [0.25, 0.3) is 0 Å². The quantitative estimate of drug-likeness (QED) is 0.256. The summed E-state index contributed by atoms with van der Waals surface area (Å²) in [6.45, 7) is 8.08. The Hall–Kier alpha value is 0.310. The Kier molecular flexibility index (Phi) is 14.1. The lowest BCUT2D eigenvalue weighted by atomic mass is 10.1. The summed E-state index contributed by atoms with van der Waals surface area (Å²) < 4.78 is 0. The summed E-state index contributed by atoms with van der Waals surface area (Å²) in [5, 5.41) is 6.88. The van der Waals surface area contributed by atoms with Crippen LogP contribution in [0.1, 0.15) is 32.6 Å². The SMILES string of the molecule is CCCN1CCC(CNC(=NC)NCCCCSC)C1.I. The van der Waals surface area contributed by atoms with Crippen LogP contribution < -0.4 is 10.6 Å². The van der Waals surface area contributed by atoms with Gasteiger partial charge in [-0.1, -0.05) is 6.92 Å². The van der Waals surface area contributed by atoms with E-state index in [9.17, 15) is 0 Å². The molecular weight excluding hydrogens is 395 g/mol. The van der Waals surface area contributed by atoms with Crippen molar-refractivity contribution in [1.29, 1.82) is 0 Å². The molecule has 1 heterocycles. The van der Waals surface area contributed by atoms with Crippen molar-refractivity contribution in [3.05, 3.63) is 0 Å². The van der Waals surface area contributed by atoms with Crippen molar-refractivity contribution in [3.63, 3.8) is 0 Å². The van der Waals surface area contributed by atoms with Gasteiger partial charge in [0.2, 0.25) is 0 Å². The van der Waals surface area contributed by atoms with E-state index in [2.05, 4.69) is 33.7 Å². The number of nitrogens with zero attached hydrogens (tertiary/aromatic N) is 2. The maximum atomic E-state index is 4.30. The minimum atomic E-state index is 0. The van der Waals surface area contributed by atoms with Gasteiger partial charge in [0.05, 0.1) is 0 Å². The molecule has 126 valence electrons. The predicted octanol–water partition coefficient (Wildman–Crippen LogP) is 2.64. The second-order valence-corrected chi connectivity index (χ2v) is 6.52. The second kappa shape index (κ2) is 13.9. The highest BCUT2D eigenvalue weighted by molar-refractivity contribution is 14.0. The number of unbranched alkanes of at least 4 members (excludes halogenated alkanes) is 1. The molecule has 1 fully saturated rings. The Balaban J connectivity index is 0.00000400. The van der Waals surface area contributed by atoms with Crippen LogP contribution in [0.2, 0.25) is 0 Å². The zero-order chi connectivity index (χ0) is 14.6. The van der Waals surface area contributed by atoms with Crippen molar-refractivity contribution in [1.82, 2.24) is 15.5 Å². The van der Waals surface area contributed by atoms with Crippen molar-refractivity contribution < 1.29 is 0 Å². The van der Waals surface area contributed by atoms with Crippen LogP contribution in [0.3, 0.4) is 0 Å². The first-order valence-corrected chi connectivity index (χ1v) is 9.35. The molecule has 21 heavy (non-hydrogen) atoms. The summed E-state index contributed by atoms with van der Waals surface area (Å²) in [6, 6.07) is 0. The molecule has 2 N–H and O–H groups in total. The number of hydrogen-bond acceptors (Lipinski definition) is 3. The predicted molar refractivity (Wildman–Crippen MR) is 107 cm³/mol. The molecule has 1 atom stereocenters. The average molecular weight is 428 g/mol. The standard InChI is InChI=1S/C15H32N4S.HI/c1-4-9-19-10-7-14(13-19)12-18-15(16-2)17-8-5-6-11-20-3;/h14H,4-13H2,1-3H3,(H2,16,17,18);1H. The number of nitrogens with one attached hydrogen (secondary N) is 2. The number of halogens is 1. The van der Waals surface area contributed by atoms with Crippen LogP contribution in [0.15, 0.2) is 4.99 Å². The molecule has 0 saturated carbocycles. The fourth-order valence-corrected chi connectivity index (χ4v) is 3.13. The molecule has 0 aromatic heterocycles. The molecule has 1 rings (SSSR count). The zero-order valence-corrected chi connectivity index (χ0v) is 17.0. The minimum Gasteiger partial charge on any atom is -0.356 e. The van der Waals surface area contributed by atoms with E-state index in [0.29, 0.717) is 0 Å². The summed E-state index contributed by atoms with van der Waals surface area (Å²) in [7, 11) is 1.86. The third-order valence-electron chi connectivity index (χ3n) is 3.76. The summed E-state index contributed by atoms with van der Waals surface area (Å²) in [4.78, 5) is 6.87. The zero-order valence-electron chi connectivity index (χ0n) is 13.9. The van der Waals surface area contributed by atoms with E-state index in [1.807, 2.05) is 18.8 Å². The first kappa shape index (κ1) is 21.3. The smallest absolute Gasteiger partial charge is 0.190 e. The first-order chi connectivity index (χ1) is 9.80. The van der Waals surface area contributed by atoms with Crippen molar-refractivity contribution in [2.75, 3.05) is 51.8 Å². The third kappa shape index (κ3) is 9.84. The molecule has 0 aromatic carbocycles. The first-order valence-electron chi connectivity index (χ1n) is 7.96. The van der Waals surface area contributed by atoms with Crippen LogP contribution in [0.5, 0.6) is 0 Å². The van der Waals surface area contributed by atoms with Gasteiger partial charge in [0.25, 0.3) is 0 Å². The van der Waals surface area contributed by atoms with Gasteiger partial charge in [0, 0.05) is 26.7 Å². The lowest BCUT2D eigenvalue weighted by Gasteiger charge is -2.17. The highest BCUT2D eigenvalue weighted by atomic mass is 127. The Morgan fingerprint density at radius 1 is 1.33 bits per heavy atom. The van der Waals surface area contributed by atoms with E-state index in [0.717, 1.165) is 25.0 Å². The van der Waals surface area contributed by atoms with Crippen LogP contribution >= 0.6 is 35.7 Å². The molecule has 1 saturated heterocycles. The normalized spacial score (nSPS) is 19.4. The van der Waals surface area contributed by atoms with Gasteiger partial charge in [-0.05, 0) is 56.7 Å². The molecule has 0 aliphatic carbocycles. The summed E-state index contributed by atoms with van der Waals surface area (Å²) in [6.07, 6.45) is 7.24. The maximum Gasteiger partial charge on any atom is 0.190 e. The number of hydrogen-bond donors (Lipinski definition) is 2. The second-order valence-electron chi connectivity index (χ2n) is 5.54. The Morgan fingerprint density at radius 2 is 2.14 bits per heavy atom. The van der Waals surface area contributed by atoms with Crippen molar-refractivity contribution in [3.8, 4) is 0 Å². The van der Waals surface area contributed by atoms with E-state index in [1.54, 1.807) is 0 Å². The molecule has 0 aromatic rings. The third-order valence-corrected chi connectivity index (χ3v) is 4.46. The largest absolute Gasteiger partial charge is 0.356 e. The van der Waals surface area contributed by atoms with Gasteiger partial charge in [0.15, 0.2) is 5.96 Å². The van der Waals surface area contributed by atoms with Gasteiger partial charge < -0.3 is 15.5 Å². The monoisotopic (exact) mass is 428 g/mol. The van der Waals surface area contributed by atoms with Gasteiger partial charge in [0.1, 0.15) is 0 Å². The summed E-state index contributed by atoms with van der Waals surface area (Å²) in [5.74, 6) is 2.99. The van der Waals surface area contributed by atoms with Crippen molar-refractivity contribution in [2.24, 2.45) is 10.9 Å². The Bertz CT molecular complexity index is 276. The highest BCUT2D eigenvalue weighted by Crippen LogP contribution is 2.15. The van der Waals surface area contributed by atoms with E-state index in [-0.39, 0.29) is 24.0 Å². The fraction of sp³-hybridized carbons (Fsp3) is 0.933. The highest BCUT2D eigenvalue weighted by Gasteiger charge is 2.21. The van der Waals surface area contributed by atoms with E-state index >= 15 is 0 Å². The number of aliphatic imine (C=N–C) groups is 1. The van der Waals surface area contributed by atoms with E-state index < -0.39 is 0 Å². The minimum absolute atomic E-state index is 0. The number of rotatable bonds is 9. The lowest BCUT2D eigenvalue weighted by Crippen LogP contribution is -2.40. The molecule has 4 nitrogen and oxygen atoms in total. The van der Waals surface area contributed by atoms with Crippen molar-refractivity contribution in [2.45, 2.75) is 32.6 Å². The van der Waals surface area contributed by atoms with Crippen LogP contribution in [0.4, 0.5) is 0 Å². The molecular formula is C15H33IN4S. The van der Waals surface area contributed by atoms with Crippen molar-refractivity contribution >= 4 is 41.7 Å². The Labute approximate surface area is 152 Å². The molecule has 1 aliphatic rings. The molecule has 0 bridgehead atoms. The molecule has 0 spiro atoms. The molecule has 1 unspecified atom stereocenters. The van der Waals surface area contributed by atoms with Gasteiger partial charge in [-0.25, -0.2) is 0 Å². The lowest BCUT2D eigenvalue weighted by molar-refractivity contribution is 0.324. The number of guanidine groups is 1. The number of thioether (sulfide) groups is 1. The van der Waals surface area contributed by atoms with Crippen LogP contribution in [-0.4, -0.2) is 62.6 Å². The van der Waals surface area contributed by atoms with E-state index in [1.165, 1.54) is 51.1 Å². The Morgan fingerprint density at radius 3 is 2.81 bits per heavy atom. The molecule has 6 heteroatoms. The topological polar surface area (TPSA) is 39.7 Å². The van der Waals surface area contributed by atoms with Gasteiger partial charge in [-0.3, -0.25) is 4.99 Å².